The standard InChI is InChI=1S/C17H13NO3S/c19-16-15(22-17(20)18-16)10-13-7-4-8-14(9-13)21-11-12-5-2-1-3-6-12/h1-10H,11H2,(H,18,19,20)/b15-10-. The Kier molecular flexibility index (Phi) is 4.25. The lowest BCUT2D eigenvalue weighted by Gasteiger charge is -2.07. The van der Waals surface area contributed by atoms with Crippen molar-refractivity contribution in [1.29, 1.82) is 0 Å². The van der Waals surface area contributed by atoms with Crippen molar-refractivity contribution in [3.05, 3.63) is 70.6 Å². The summed E-state index contributed by atoms with van der Waals surface area (Å²) in [5.41, 5.74) is 1.90. The fourth-order valence-electron chi connectivity index (χ4n) is 2.01. The van der Waals surface area contributed by atoms with Gasteiger partial charge in [-0.3, -0.25) is 14.9 Å². The van der Waals surface area contributed by atoms with Gasteiger partial charge in [0.2, 0.25) is 0 Å². The van der Waals surface area contributed by atoms with Gasteiger partial charge < -0.3 is 4.74 Å². The number of rotatable bonds is 4. The zero-order valence-electron chi connectivity index (χ0n) is 11.6. The van der Waals surface area contributed by atoms with Crippen molar-refractivity contribution in [1.82, 2.24) is 5.32 Å². The Labute approximate surface area is 132 Å². The Morgan fingerprint density at radius 2 is 1.86 bits per heavy atom. The molecule has 4 nitrogen and oxygen atoms in total. The molecule has 2 amide bonds. The molecule has 2 aromatic carbocycles. The van der Waals surface area contributed by atoms with E-state index in [2.05, 4.69) is 5.32 Å². The Bertz CT molecular complexity index is 741. The van der Waals surface area contributed by atoms with E-state index in [-0.39, 0.29) is 11.1 Å². The number of thioether (sulfide) groups is 1. The fraction of sp³-hybridized carbons (Fsp3) is 0.0588. The molecular formula is C17H13NO3S. The molecule has 1 fully saturated rings. The van der Waals surface area contributed by atoms with E-state index < -0.39 is 0 Å². The van der Waals surface area contributed by atoms with Crippen molar-refractivity contribution in [2.24, 2.45) is 0 Å². The molecule has 3 rings (SSSR count). The number of ether oxygens (including phenoxy) is 1. The number of hydrogen-bond acceptors (Lipinski definition) is 4. The largest absolute Gasteiger partial charge is 0.489 e. The summed E-state index contributed by atoms with van der Waals surface area (Å²) in [7, 11) is 0. The van der Waals surface area contributed by atoms with Crippen molar-refractivity contribution >= 4 is 29.0 Å². The van der Waals surface area contributed by atoms with Crippen LogP contribution in [0.3, 0.4) is 0 Å². The molecule has 0 aliphatic carbocycles. The average Bonchev–Trinajstić information content (AvgIpc) is 2.84. The van der Waals surface area contributed by atoms with Crippen LogP contribution in [-0.4, -0.2) is 11.1 Å². The number of benzene rings is 2. The third-order valence-electron chi connectivity index (χ3n) is 3.05. The minimum atomic E-state index is -0.356. The van der Waals surface area contributed by atoms with Crippen LogP contribution in [0.4, 0.5) is 4.79 Å². The molecule has 1 saturated heterocycles. The molecule has 1 N–H and O–H groups in total. The van der Waals surface area contributed by atoms with Crippen LogP contribution < -0.4 is 10.1 Å². The molecule has 0 spiro atoms. The molecule has 0 radical (unpaired) electrons. The second-order valence-corrected chi connectivity index (χ2v) is 5.71. The highest BCUT2D eigenvalue weighted by Gasteiger charge is 2.24. The monoisotopic (exact) mass is 311 g/mol. The SMILES string of the molecule is O=C1NC(=O)/C(=C/c2cccc(OCc3ccccc3)c2)S1. The van der Waals surface area contributed by atoms with Crippen LogP contribution in [0.2, 0.25) is 0 Å². The Hall–Kier alpha value is -2.53. The van der Waals surface area contributed by atoms with Crippen molar-refractivity contribution in [2.75, 3.05) is 0 Å². The van der Waals surface area contributed by atoms with Gasteiger partial charge in [-0.05, 0) is 41.1 Å². The number of carbonyl (C=O) groups is 2. The molecule has 0 bridgehead atoms. The van der Waals surface area contributed by atoms with Crippen LogP contribution >= 0.6 is 11.8 Å². The van der Waals surface area contributed by atoms with Gasteiger partial charge in [0.1, 0.15) is 12.4 Å². The minimum absolute atomic E-state index is 0.340. The highest BCUT2D eigenvalue weighted by atomic mass is 32.2. The second kappa shape index (κ2) is 6.49. The molecule has 0 atom stereocenters. The van der Waals surface area contributed by atoms with E-state index in [1.54, 1.807) is 6.08 Å². The molecule has 0 unspecified atom stereocenters. The normalized spacial score (nSPS) is 15.9. The maximum absolute atomic E-state index is 11.5. The molecule has 110 valence electrons. The Balaban J connectivity index is 1.71. The molecule has 0 saturated carbocycles. The first-order valence-electron chi connectivity index (χ1n) is 6.72. The average molecular weight is 311 g/mol. The quantitative estimate of drug-likeness (QED) is 0.877. The zero-order valence-corrected chi connectivity index (χ0v) is 12.4. The van der Waals surface area contributed by atoms with Crippen LogP contribution in [0, 0.1) is 0 Å². The van der Waals surface area contributed by atoms with Crippen LogP contribution in [0.1, 0.15) is 11.1 Å². The second-order valence-electron chi connectivity index (χ2n) is 4.70. The number of nitrogens with one attached hydrogen (secondary N) is 1. The summed E-state index contributed by atoms with van der Waals surface area (Å²) >= 11 is 0.905. The predicted octanol–water partition coefficient (Wildman–Crippen LogP) is 3.59. The first-order valence-corrected chi connectivity index (χ1v) is 7.54. The van der Waals surface area contributed by atoms with Gasteiger partial charge in [0.05, 0.1) is 4.91 Å². The highest BCUT2D eigenvalue weighted by Crippen LogP contribution is 2.26. The van der Waals surface area contributed by atoms with Gasteiger partial charge in [-0.1, -0.05) is 42.5 Å². The topological polar surface area (TPSA) is 55.4 Å². The smallest absolute Gasteiger partial charge is 0.290 e. The summed E-state index contributed by atoms with van der Waals surface area (Å²) in [4.78, 5) is 23.1. The van der Waals surface area contributed by atoms with Crippen LogP contribution in [0.15, 0.2) is 59.5 Å². The number of amides is 2. The Morgan fingerprint density at radius 3 is 2.59 bits per heavy atom. The predicted molar refractivity (Wildman–Crippen MR) is 86.3 cm³/mol. The van der Waals surface area contributed by atoms with Crippen LogP contribution in [0.5, 0.6) is 5.75 Å². The maximum atomic E-state index is 11.5. The van der Waals surface area contributed by atoms with Crippen molar-refractivity contribution in [3.63, 3.8) is 0 Å². The molecule has 1 aliphatic rings. The van der Waals surface area contributed by atoms with E-state index in [0.29, 0.717) is 17.3 Å². The summed E-state index contributed by atoms with van der Waals surface area (Å²) in [6.45, 7) is 0.481. The van der Waals surface area contributed by atoms with Gasteiger partial charge in [0, 0.05) is 0 Å². The van der Waals surface area contributed by atoms with Crippen molar-refractivity contribution < 1.29 is 14.3 Å². The molecule has 0 aromatic heterocycles. The van der Waals surface area contributed by atoms with Crippen LogP contribution in [-0.2, 0) is 11.4 Å². The van der Waals surface area contributed by atoms with E-state index in [0.717, 1.165) is 22.9 Å². The van der Waals surface area contributed by atoms with Gasteiger partial charge in [-0.25, -0.2) is 0 Å². The summed E-state index contributed by atoms with van der Waals surface area (Å²) in [5.74, 6) is 0.360. The van der Waals surface area contributed by atoms with Gasteiger partial charge in [0.15, 0.2) is 0 Å². The molecule has 1 aliphatic heterocycles. The van der Waals surface area contributed by atoms with Crippen molar-refractivity contribution in [2.45, 2.75) is 6.61 Å². The van der Waals surface area contributed by atoms with Gasteiger partial charge in [-0.2, -0.15) is 0 Å². The number of hydrogen-bond donors (Lipinski definition) is 1. The third-order valence-corrected chi connectivity index (χ3v) is 3.86. The molecule has 5 heteroatoms. The van der Waals surface area contributed by atoms with Gasteiger partial charge >= 0.3 is 0 Å². The maximum Gasteiger partial charge on any atom is 0.290 e. The van der Waals surface area contributed by atoms with Gasteiger partial charge in [-0.15, -0.1) is 0 Å². The molecule has 22 heavy (non-hydrogen) atoms. The van der Waals surface area contributed by atoms with E-state index in [9.17, 15) is 9.59 Å². The van der Waals surface area contributed by atoms with E-state index in [4.69, 9.17) is 4.74 Å². The van der Waals surface area contributed by atoms with E-state index in [1.807, 2.05) is 54.6 Å². The number of carbonyl (C=O) groups excluding carboxylic acids is 2. The summed E-state index contributed by atoms with van der Waals surface area (Å²) in [6, 6.07) is 17.3. The van der Waals surface area contributed by atoms with Gasteiger partial charge in [0.25, 0.3) is 11.1 Å². The van der Waals surface area contributed by atoms with Crippen LogP contribution in [0.25, 0.3) is 6.08 Å². The van der Waals surface area contributed by atoms with E-state index in [1.165, 1.54) is 0 Å². The molecular weight excluding hydrogens is 298 g/mol. The minimum Gasteiger partial charge on any atom is -0.489 e. The highest BCUT2D eigenvalue weighted by molar-refractivity contribution is 8.18. The first kappa shape index (κ1) is 14.4. The molecule has 1 heterocycles. The lowest BCUT2D eigenvalue weighted by Crippen LogP contribution is -2.17. The summed E-state index contributed by atoms with van der Waals surface area (Å²) in [5, 5.41) is 1.89. The summed E-state index contributed by atoms with van der Waals surface area (Å²) in [6.07, 6.45) is 1.68. The van der Waals surface area contributed by atoms with Crippen molar-refractivity contribution in [3.8, 4) is 5.75 Å². The third kappa shape index (κ3) is 3.56. The van der Waals surface area contributed by atoms with E-state index >= 15 is 0 Å². The zero-order chi connectivity index (χ0) is 15.4. The number of imide groups is 1. The Morgan fingerprint density at radius 1 is 1.05 bits per heavy atom. The fourth-order valence-corrected chi connectivity index (χ4v) is 2.69. The molecule has 2 aromatic rings. The summed E-state index contributed by atoms with van der Waals surface area (Å²) < 4.78 is 5.74. The lowest BCUT2D eigenvalue weighted by atomic mass is 10.2. The first-order chi connectivity index (χ1) is 10.7. The lowest BCUT2D eigenvalue weighted by molar-refractivity contribution is -0.115.